The molecule has 1 fully saturated rings. The van der Waals surface area contributed by atoms with E-state index in [4.69, 9.17) is 5.11 Å². The van der Waals surface area contributed by atoms with Gasteiger partial charge >= 0.3 is 0 Å². The van der Waals surface area contributed by atoms with Crippen LogP contribution in [0, 0.1) is 23.6 Å². The molecule has 3 heteroatoms. The second kappa shape index (κ2) is 7.42. The number of aliphatic hydroxyl groups is 1. The molecule has 0 spiro atoms. The molecule has 2 nitrogen and oxygen atoms in total. The van der Waals surface area contributed by atoms with E-state index >= 15 is 0 Å². The third-order valence-electron chi connectivity index (χ3n) is 3.86. The second-order valence-electron chi connectivity index (χ2n) is 5.61. The third kappa shape index (κ3) is 4.33. The number of nitrogens with zero attached hydrogens (tertiary/aromatic N) is 1. The summed E-state index contributed by atoms with van der Waals surface area (Å²) in [5, 5.41) is 8.78. The average Bonchev–Trinajstić information content (AvgIpc) is 2.91. The fourth-order valence-electron chi connectivity index (χ4n) is 2.93. The predicted molar refractivity (Wildman–Crippen MR) is 78.7 cm³/mol. The molecule has 0 aromatic heterocycles. The lowest BCUT2D eigenvalue weighted by atomic mass is 10.1. The fourth-order valence-corrected chi connectivity index (χ4v) is 2.93. The Labute approximate surface area is 120 Å². The van der Waals surface area contributed by atoms with Crippen LogP contribution in [0.1, 0.15) is 36.8 Å². The van der Waals surface area contributed by atoms with E-state index in [0.717, 1.165) is 24.6 Å². The van der Waals surface area contributed by atoms with E-state index in [1.807, 2.05) is 0 Å². The molecule has 108 valence electrons. The molecule has 1 aromatic rings. The largest absolute Gasteiger partial charge is 0.384 e. The summed E-state index contributed by atoms with van der Waals surface area (Å²) in [5.41, 5.74) is 1.70. The van der Waals surface area contributed by atoms with Crippen molar-refractivity contribution in [1.29, 1.82) is 0 Å². The maximum Gasteiger partial charge on any atom is 0.124 e. The van der Waals surface area contributed by atoms with Crippen LogP contribution in [-0.4, -0.2) is 30.2 Å². The molecular weight excluding hydrogens is 253 g/mol. The van der Waals surface area contributed by atoms with Crippen molar-refractivity contribution in [3.63, 3.8) is 0 Å². The van der Waals surface area contributed by atoms with Crippen molar-refractivity contribution in [3.8, 4) is 11.8 Å². The van der Waals surface area contributed by atoms with Crippen LogP contribution in [0.3, 0.4) is 0 Å². The summed E-state index contributed by atoms with van der Waals surface area (Å²) in [7, 11) is 2.10. The lowest BCUT2D eigenvalue weighted by molar-refractivity contribution is 0.271. The standard InChI is InChI=1S/C17H22FNO/c1-19(12-14-5-2-3-6-14)13-16-8-9-17(18)11-15(16)7-4-10-20/h8-9,11,14,20H,2-3,5-6,10,12-13H2,1H3. The highest BCUT2D eigenvalue weighted by atomic mass is 19.1. The van der Waals surface area contributed by atoms with Gasteiger partial charge in [-0.1, -0.05) is 30.7 Å². The SMILES string of the molecule is CN(Cc1ccc(F)cc1C#CCO)CC1CCCC1. The minimum absolute atomic E-state index is 0.201. The normalized spacial score (nSPS) is 15.4. The zero-order valence-electron chi connectivity index (χ0n) is 12.0. The van der Waals surface area contributed by atoms with Crippen molar-refractivity contribution in [2.24, 2.45) is 5.92 Å². The van der Waals surface area contributed by atoms with Crippen LogP contribution in [0.15, 0.2) is 18.2 Å². The van der Waals surface area contributed by atoms with Gasteiger partial charge in [0.2, 0.25) is 0 Å². The summed E-state index contributed by atoms with van der Waals surface area (Å²) in [4.78, 5) is 2.29. The number of hydrogen-bond acceptors (Lipinski definition) is 2. The topological polar surface area (TPSA) is 23.5 Å². The molecule has 1 N–H and O–H groups in total. The Hall–Kier alpha value is -1.37. The molecule has 0 aliphatic heterocycles. The summed E-state index contributed by atoms with van der Waals surface area (Å²) in [6.07, 6.45) is 5.35. The van der Waals surface area contributed by atoms with Crippen LogP contribution in [-0.2, 0) is 6.54 Å². The second-order valence-corrected chi connectivity index (χ2v) is 5.61. The van der Waals surface area contributed by atoms with Gasteiger partial charge in [0, 0.05) is 18.7 Å². The molecule has 0 radical (unpaired) electrons. The van der Waals surface area contributed by atoms with E-state index in [0.29, 0.717) is 5.56 Å². The molecule has 2 rings (SSSR count). The Morgan fingerprint density at radius 2 is 2.10 bits per heavy atom. The number of rotatable bonds is 4. The van der Waals surface area contributed by atoms with E-state index in [1.54, 1.807) is 6.07 Å². The first-order valence-corrected chi connectivity index (χ1v) is 7.25. The molecule has 1 aliphatic carbocycles. The molecule has 1 saturated carbocycles. The molecule has 0 heterocycles. The molecule has 20 heavy (non-hydrogen) atoms. The van der Waals surface area contributed by atoms with E-state index in [9.17, 15) is 4.39 Å². The van der Waals surface area contributed by atoms with Gasteiger partial charge in [-0.15, -0.1) is 0 Å². The van der Waals surface area contributed by atoms with Crippen LogP contribution >= 0.6 is 0 Å². The molecule has 0 amide bonds. The van der Waals surface area contributed by atoms with Crippen molar-refractivity contribution in [3.05, 3.63) is 35.1 Å². The van der Waals surface area contributed by atoms with Crippen molar-refractivity contribution in [2.75, 3.05) is 20.2 Å². The fraction of sp³-hybridized carbons (Fsp3) is 0.529. The zero-order chi connectivity index (χ0) is 14.4. The maximum absolute atomic E-state index is 13.3. The summed E-state index contributed by atoms with van der Waals surface area (Å²) < 4.78 is 13.3. The maximum atomic E-state index is 13.3. The minimum Gasteiger partial charge on any atom is -0.384 e. The van der Waals surface area contributed by atoms with Gasteiger partial charge < -0.3 is 10.0 Å². The number of hydrogen-bond donors (Lipinski definition) is 1. The zero-order valence-corrected chi connectivity index (χ0v) is 12.0. The first-order valence-electron chi connectivity index (χ1n) is 7.25. The molecule has 0 unspecified atom stereocenters. The average molecular weight is 275 g/mol. The van der Waals surface area contributed by atoms with E-state index in [1.165, 1.54) is 37.8 Å². The van der Waals surface area contributed by atoms with Gasteiger partial charge in [-0.25, -0.2) is 4.39 Å². The molecule has 0 saturated heterocycles. The highest BCUT2D eigenvalue weighted by molar-refractivity contribution is 5.41. The monoisotopic (exact) mass is 275 g/mol. The number of benzene rings is 1. The third-order valence-corrected chi connectivity index (χ3v) is 3.86. The highest BCUT2D eigenvalue weighted by Gasteiger charge is 2.17. The summed E-state index contributed by atoms with van der Waals surface area (Å²) >= 11 is 0. The predicted octanol–water partition coefficient (Wildman–Crippen LogP) is 2.79. The Bertz CT molecular complexity index is 497. The quantitative estimate of drug-likeness (QED) is 0.854. The molecule has 1 aliphatic rings. The van der Waals surface area contributed by atoms with Gasteiger partial charge in [0.25, 0.3) is 0 Å². The lowest BCUT2D eigenvalue weighted by Crippen LogP contribution is -2.24. The van der Waals surface area contributed by atoms with Gasteiger partial charge in [-0.2, -0.15) is 0 Å². The van der Waals surface area contributed by atoms with Gasteiger partial charge in [0.05, 0.1) is 0 Å². The first-order chi connectivity index (χ1) is 9.69. The number of aliphatic hydroxyl groups excluding tert-OH is 1. The van der Waals surface area contributed by atoms with Gasteiger partial charge in [0.1, 0.15) is 12.4 Å². The van der Waals surface area contributed by atoms with E-state index < -0.39 is 0 Å². The van der Waals surface area contributed by atoms with Crippen molar-refractivity contribution in [2.45, 2.75) is 32.2 Å². The van der Waals surface area contributed by atoms with Crippen LogP contribution in [0.2, 0.25) is 0 Å². The summed E-state index contributed by atoms with van der Waals surface area (Å²) in [6, 6.07) is 4.71. The van der Waals surface area contributed by atoms with Crippen molar-refractivity contribution < 1.29 is 9.50 Å². The highest BCUT2D eigenvalue weighted by Crippen LogP contribution is 2.25. The smallest absolute Gasteiger partial charge is 0.124 e. The summed E-state index contributed by atoms with van der Waals surface area (Å²) in [6.45, 7) is 1.66. The van der Waals surface area contributed by atoms with Crippen LogP contribution < -0.4 is 0 Å². The summed E-state index contributed by atoms with van der Waals surface area (Å²) in [5.74, 6) is 5.95. The minimum atomic E-state index is -0.283. The Morgan fingerprint density at radius 1 is 1.35 bits per heavy atom. The van der Waals surface area contributed by atoms with Gasteiger partial charge in [0.15, 0.2) is 0 Å². The first kappa shape index (κ1) is 15.0. The van der Waals surface area contributed by atoms with Crippen LogP contribution in [0.5, 0.6) is 0 Å². The van der Waals surface area contributed by atoms with Crippen molar-refractivity contribution >= 4 is 0 Å². The van der Waals surface area contributed by atoms with Gasteiger partial charge in [-0.05, 0) is 43.5 Å². The van der Waals surface area contributed by atoms with E-state index in [2.05, 4.69) is 23.8 Å². The molecule has 0 atom stereocenters. The van der Waals surface area contributed by atoms with Crippen LogP contribution in [0.25, 0.3) is 0 Å². The molecule has 0 bridgehead atoms. The Balaban J connectivity index is 2.03. The molecular formula is C17H22FNO. The number of halogens is 1. The van der Waals surface area contributed by atoms with Crippen molar-refractivity contribution in [1.82, 2.24) is 4.90 Å². The Morgan fingerprint density at radius 3 is 2.80 bits per heavy atom. The van der Waals surface area contributed by atoms with Gasteiger partial charge in [-0.3, -0.25) is 0 Å². The van der Waals surface area contributed by atoms with E-state index in [-0.39, 0.29) is 12.4 Å². The lowest BCUT2D eigenvalue weighted by Gasteiger charge is -2.21. The van der Waals surface area contributed by atoms with Crippen LogP contribution in [0.4, 0.5) is 4.39 Å². The Kier molecular flexibility index (Phi) is 5.58. The molecule has 1 aromatic carbocycles.